The molecule has 1 saturated heterocycles. The lowest BCUT2D eigenvalue weighted by Crippen LogP contribution is -2.53. The predicted octanol–water partition coefficient (Wildman–Crippen LogP) is 3.45. The van der Waals surface area contributed by atoms with Crippen molar-refractivity contribution in [1.82, 2.24) is 9.80 Å². The standard InChI is InChI=1S/C18H18BrClN2O4/c1-12(25-14-4-2-13(20)3-5-14)17(23)21-8-10-22(11-9-21)18(24)15-6-7-16(19)26-15/h2-7,12H,8-11H2,1H3. The highest BCUT2D eigenvalue weighted by Crippen LogP contribution is 2.19. The van der Waals surface area contributed by atoms with E-state index < -0.39 is 6.10 Å². The van der Waals surface area contributed by atoms with E-state index in [2.05, 4.69) is 15.9 Å². The summed E-state index contributed by atoms with van der Waals surface area (Å²) >= 11 is 9.03. The van der Waals surface area contributed by atoms with Crippen LogP contribution in [0.25, 0.3) is 0 Å². The first-order valence-corrected chi connectivity index (χ1v) is 9.37. The molecule has 6 nitrogen and oxygen atoms in total. The van der Waals surface area contributed by atoms with E-state index in [1.165, 1.54) is 0 Å². The number of halogens is 2. The minimum absolute atomic E-state index is 0.104. The number of carbonyl (C=O) groups excluding carboxylic acids is 2. The molecule has 1 fully saturated rings. The van der Waals surface area contributed by atoms with Crippen LogP contribution in [0, 0.1) is 0 Å². The van der Waals surface area contributed by atoms with Gasteiger partial charge in [-0.05, 0) is 59.3 Å². The lowest BCUT2D eigenvalue weighted by molar-refractivity contribution is -0.139. The van der Waals surface area contributed by atoms with Crippen LogP contribution in [-0.2, 0) is 4.79 Å². The number of carbonyl (C=O) groups is 2. The van der Waals surface area contributed by atoms with Crippen molar-refractivity contribution >= 4 is 39.3 Å². The Bertz CT molecular complexity index is 785. The van der Waals surface area contributed by atoms with Crippen LogP contribution in [0.3, 0.4) is 0 Å². The maximum Gasteiger partial charge on any atom is 0.289 e. The largest absolute Gasteiger partial charge is 0.481 e. The lowest BCUT2D eigenvalue weighted by Gasteiger charge is -2.35. The van der Waals surface area contributed by atoms with E-state index in [-0.39, 0.29) is 17.6 Å². The number of benzene rings is 1. The van der Waals surface area contributed by atoms with Crippen LogP contribution < -0.4 is 4.74 Å². The zero-order valence-corrected chi connectivity index (χ0v) is 16.5. The normalized spacial score (nSPS) is 15.7. The number of ether oxygens (including phenoxy) is 1. The molecule has 138 valence electrons. The van der Waals surface area contributed by atoms with E-state index in [9.17, 15) is 9.59 Å². The molecule has 0 spiro atoms. The van der Waals surface area contributed by atoms with Crippen LogP contribution >= 0.6 is 27.5 Å². The van der Waals surface area contributed by atoms with Crippen LogP contribution in [-0.4, -0.2) is 53.9 Å². The average molecular weight is 442 g/mol. The molecule has 0 saturated carbocycles. The van der Waals surface area contributed by atoms with Gasteiger partial charge >= 0.3 is 0 Å². The van der Waals surface area contributed by atoms with Crippen molar-refractivity contribution in [2.24, 2.45) is 0 Å². The fourth-order valence-corrected chi connectivity index (χ4v) is 3.17. The molecule has 1 aliphatic rings. The minimum atomic E-state index is -0.612. The number of nitrogens with zero attached hydrogens (tertiary/aromatic N) is 2. The highest BCUT2D eigenvalue weighted by atomic mass is 79.9. The maximum absolute atomic E-state index is 12.6. The molecule has 2 heterocycles. The summed E-state index contributed by atoms with van der Waals surface area (Å²) in [6, 6.07) is 10.2. The van der Waals surface area contributed by atoms with Gasteiger partial charge in [0.25, 0.3) is 11.8 Å². The van der Waals surface area contributed by atoms with Gasteiger partial charge in [0.05, 0.1) is 0 Å². The fourth-order valence-electron chi connectivity index (χ4n) is 2.74. The van der Waals surface area contributed by atoms with Crippen molar-refractivity contribution in [2.75, 3.05) is 26.2 Å². The second-order valence-corrected chi connectivity index (χ2v) is 7.15. The number of rotatable bonds is 4. The summed E-state index contributed by atoms with van der Waals surface area (Å²) in [6.07, 6.45) is -0.612. The van der Waals surface area contributed by atoms with Crippen molar-refractivity contribution in [3.63, 3.8) is 0 Å². The molecule has 2 amide bonds. The molecule has 1 unspecified atom stereocenters. The van der Waals surface area contributed by atoms with Gasteiger partial charge in [-0.2, -0.15) is 0 Å². The molecule has 1 aromatic heterocycles. The molecule has 0 bridgehead atoms. The Hall–Kier alpha value is -1.99. The Balaban J connectivity index is 1.52. The smallest absolute Gasteiger partial charge is 0.289 e. The first-order chi connectivity index (χ1) is 12.4. The highest BCUT2D eigenvalue weighted by molar-refractivity contribution is 9.10. The van der Waals surface area contributed by atoms with Gasteiger partial charge in [0.15, 0.2) is 16.5 Å². The molecule has 8 heteroatoms. The first kappa shape index (κ1) is 18.8. The third-order valence-electron chi connectivity index (χ3n) is 4.14. The summed E-state index contributed by atoms with van der Waals surface area (Å²) in [5, 5.41) is 0.612. The van der Waals surface area contributed by atoms with Gasteiger partial charge < -0.3 is 19.0 Å². The monoisotopic (exact) mass is 440 g/mol. The van der Waals surface area contributed by atoms with Crippen molar-refractivity contribution in [3.05, 3.63) is 51.9 Å². The average Bonchev–Trinajstić information content (AvgIpc) is 3.09. The molecule has 0 aliphatic carbocycles. The summed E-state index contributed by atoms with van der Waals surface area (Å²) in [4.78, 5) is 28.3. The molecular formula is C18H18BrClN2O4. The molecule has 3 rings (SSSR count). The second kappa shape index (κ2) is 8.14. The minimum Gasteiger partial charge on any atom is -0.481 e. The second-order valence-electron chi connectivity index (χ2n) is 5.94. The fraction of sp³-hybridized carbons (Fsp3) is 0.333. The lowest BCUT2D eigenvalue weighted by atomic mass is 10.2. The quantitative estimate of drug-likeness (QED) is 0.729. The van der Waals surface area contributed by atoms with Crippen molar-refractivity contribution < 1.29 is 18.7 Å². The Morgan fingerprint density at radius 1 is 1.08 bits per heavy atom. The molecule has 1 atom stereocenters. The van der Waals surface area contributed by atoms with E-state index in [0.29, 0.717) is 41.6 Å². The van der Waals surface area contributed by atoms with E-state index in [1.807, 2.05) is 0 Å². The summed E-state index contributed by atoms with van der Waals surface area (Å²) in [6.45, 7) is 3.55. The molecule has 1 aromatic carbocycles. The molecule has 0 N–H and O–H groups in total. The molecular weight excluding hydrogens is 424 g/mol. The Morgan fingerprint density at radius 2 is 1.69 bits per heavy atom. The number of furan rings is 1. The number of hydrogen-bond donors (Lipinski definition) is 0. The Kier molecular flexibility index (Phi) is 5.88. The van der Waals surface area contributed by atoms with Crippen LogP contribution in [0.2, 0.25) is 5.02 Å². The van der Waals surface area contributed by atoms with E-state index in [1.54, 1.807) is 53.1 Å². The van der Waals surface area contributed by atoms with Gasteiger partial charge in [-0.15, -0.1) is 0 Å². The van der Waals surface area contributed by atoms with Gasteiger partial charge in [0, 0.05) is 31.2 Å². The first-order valence-electron chi connectivity index (χ1n) is 8.19. The zero-order valence-electron chi connectivity index (χ0n) is 14.2. The number of piperazine rings is 1. The Labute approximate surface area is 164 Å². The van der Waals surface area contributed by atoms with E-state index in [0.717, 1.165) is 0 Å². The van der Waals surface area contributed by atoms with Crippen molar-refractivity contribution in [1.29, 1.82) is 0 Å². The molecule has 2 aromatic rings. The molecule has 26 heavy (non-hydrogen) atoms. The van der Waals surface area contributed by atoms with Crippen molar-refractivity contribution in [2.45, 2.75) is 13.0 Å². The number of hydrogen-bond acceptors (Lipinski definition) is 4. The van der Waals surface area contributed by atoms with Gasteiger partial charge in [-0.25, -0.2) is 0 Å². The zero-order chi connectivity index (χ0) is 18.7. The summed E-state index contributed by atoms with van der Waals surface area (Å²) in [5.41, 5.74) is 0. The topological polar surface area (TPSA) is 63.0 Å². The van der Waals surface area contributed by atoms with Crippen LogP contribution in [0.4, 0.5) is 0 Å². The summed E-state index contributed by atoms with van der Waals surface area (Å²) in [5.74, 6) is 0.601. The predicted molar refractivity (Wildman–Crippen MR) is 100 cm³/mol. The van der Waals surface area contributed by atoms with E-state index >= 15 is 0 Å². The van der Waals surface area contributed by atoms with E-state index in [4.69, 9.17) is 20.8 Å². The molecule has 1 aliphatic heterocycles. The van der Waals surface area contributed by atoms with Gasteiger partial charge in [0.2, 0.25) is 0 Å². The summed E-state index contributed by atoms with van der Waals surface area (Å²) in [7, 11) is 0. The van der Waals surface area contributed by atoms with Crippen LogP contribution in [0.5, 0.6) is 5.75 Å². The third-order valence-corrected chi connectivity index (χ3v) is 4.81. The van der Waals surface area contributed by atoms with Crippen LogP contribution in [0.15, 0.2) is 45.5 Å². The highest BCUT2D eigenvalue weighted by Gasteiger charge is 2.29. The summed E-state index contributed by atoms with van der Waals surface area (Å²) < 4.78 is 11.5. The SMILES string of the molecule is CC(Oc1ccc(Cl)cc1)C(=O)N1CCN(C(=O)c2ccc(Br)o2)CC1. The van der Waals surface area contributed by atoms with Crippen LogP contribution in [0.1, 0.15) is 17.5 Å². The maximum atomic E-state index is 12.6. The van der Waals surface area contributed by atoms with Gasteiger partial charge in [-0.1, -0.05) is 11.6 Å². The Morgan fingerprint density at radius 3 is 2.27 bits per heavy atom. The van der Waals surface area contributed by atoms with Crippen molar-refractivity contribution in [3.8, 4) is 5.75 Å². The van der Waals surface area contributed by atoms with Gasteiger partial charge in [-0.3, -0.25) is 9.59 Å². The molecule has 0 radical (unpaired) electrons. The third kappa shape index (κ3) is 4.40. The number of amides is 2. The van der Waals surface area contributed by atoms with Gasteiger partial charge in [0.1, 0.15) is 5.75 Å².